The lowest BCUT2D eigenvalue weighted by Crippen LogP contribution is -2.55. The maximum Gasteiger partial charge on any atom is 0.197 e. The van der Waals surface area contributed by atoms with Gasteiger partial charge in [0.05, 0.1) is 12.2 Å². The number of phenolic OH excluding ortho intramolecular Hbond substituents is 2. The zero-order valence-corrected chi connectivity index (χ0v) is 15.5. The molecule has 0 radical (unpaired) electrons. The van der Waals surface area contributed by atoms with E-state index in [9.17, 15) is 35.4 Å². The lowest BCUT2D eigenvalue weighted by atomic mass is 9.89. The summed E-state index contributed by atoms with van der Waals surface area (Å²) in [4.78, 5) is 12.7. The van der Waals surface area contributed by atoms with Gasteiger partial charge in [0.15, 0.2) is 5.43 Å². The van der Waals surface area contributed by atoms with Crippen LogP contribution in [0.5, 0.6) is 11.5 Å². The Morgan fingerprint density at radius 2 is 1.63 bits per heavy atom. The van der Waals surface area contributed by atoms with Gasteiger partial charge in [-0.15, -0.1) is 0 Å². The average molecular weight is 416 g/mol. The van der Waals surface area contributed by atoms with Crippen molar-refractivity contribution in [3.8, 4) is 22.8 Å². The summed E-state index contributed by atoms with van der Waals surface area (Å²) in [6, 6.07) is 11.1. The van der Waals surface area contributed by atoms with Crippen LogP contribution >= 0.6 is 0 Å². The van der Waals surface area contributed by atoms with E-state index in [4.69, 9.17) is 9.15 Å². The fourth-order valence-electron chi connectivity index (χ4n) is 3.67. The summed E-state index contributed by atoms with van der Waals surface area (Å²) < 4.78 is 11.1. The van der Waals surface area contributed by atoms with Crippen LogP contribution < -0.4 is 5.43 Å². The smallest absolute Gasteiger partial charge is 0.197 e. The molecule has 1 aromatic heterocycles. The molecule has 0 bridgehead atoms. The lowest BCUT2D eigenvalue weighted by molar-refractivity contribution is -0.232. The van der Waals surface area contributed by atoms with Gasteiger partial charge < -0.3 is 39.8 Å². The van der Waals surface area contributed by atoms with Gasteiger partial charge in [0.25, 0.3) is 0 Å². The van der Waals surface area contributed by atoms with Crippen LogP contribution in [0, 0.1) is 0 Å². The number of aromatic hydroxyl groups is 2. The standard InChI is InChI=1S/C21H20O9/c22-8-14-17(25)19(27)20(28)21(30-14)16-11(24)7-13-15(18(16)26)10(23)6-12(29-13)9-4-2-1-3-5-9/h1-7,14,17,19-22,24-28H,8H2/t14-,17-,19+,20-,21?/m1/s1. The third-order valence-corrected chi connectivity index (χ3v) is 5.25. The van der Waals surface area contributed by atoms with E-state index in [-0.39, 0.29) is 22.3 Å². The van der Waals surface area contributed by atoms with E-state index in [0.717, 1.165) is 6.07 Å². The molecule has 4 rings (SSSR count). The van der Waals surface area contributed by atoms with E-state index in [0.29, 0.717) is 5.56 Å². The van der Waals surface area contributed by atoms with Crippen molar-refractivity contribution in [1.29, 1.82) is 0 Å². The molecule has 0 saturated carbocycles. The maximum absolute atomic E-state index is 12.7. The van der Waals surface area contributed by atoms with Crippen molar-refractivity contribution < 1.29 is 39.8 Å². The highest BCUT2D eigenvalue weighted by atomic mass is 16.5. The molecule has 1 aliphatic heterocycles. The first-order valence-electron chi connectivity index (χ1n) is 9.22. The summed E-state index contributed by atoms with van der Waals surface area (Å²) in [5, 5.41) is 60.6. The van der Waals surface area contributed by atoms with Crippen LogP contribution in [0.3, 0.4) is 0 Å². The van der Waals surface area contributed by atoms with Crippen molar-refractivity contribution in [2.45, 2.75) is 30.5 Å². The van der Waals surface area contributed by atoms with Gasteiger partial charge in [0, 0.05) is 17.7 Å². The first-order chi connectivity index (χ1) is 14.3. The molecule has 30 heavy (non-hydrogen) atoms. The minimum Gasteiger partial charge on any atom is -0.507 e. The van der Waals surface area contributed by atoms with Crippen LogP contribution in [0.2, 0.25) is 0 Å². The molecular formula is C21H20O9. The Balaban J connectivity index is 1.87. The number of fused-ring (bicyclic) bond motifs is 1. The third-order valence-electron chi connectivity index (χ3n) is 5.25. The molecule has 6 N–H and O–H groups in total. The van der Waals surface area contributed by atoms with E-state index in [1.807, 2.05) is 0 Å². The molecule has 9 heteroatoms. The molecule has 5 atom stereocenters. The normalized spacial score (nSPS) is 26.7. The molecule has 0 spiro atoms. The lowest BCUT2D eigenvalue weighted by Gasteiger charge is -2.40. The van der Waals surface area contributed by atoms with Crippen LogP contribution in [0.1, 0.15) is 11.7 Å². The van der Waals surface area contributed by atoms with Gasteiger partial charge in [-0.3, -0.25) is 4.79 Å². The molecule has 1 aliphatic rings. The van der Waals surface area contributed by atoms with Gasteiger partial charge in [0.1, 0.15) is 58.7 Å². The number of hydrogen-bond donors (Lipinski definition) is 6. The monoisotopic (exact) mass is 416 g/mol. The molecule has 1 saturated heterocycles. The van der Waals surface area contributed by atoms with E-state index in [1.165, 1.54) is 6.07 Å². The molecule has 1 unspecified atom stereocenters. The summed E-state index contributed by atoms with van der Waals surface area (Å²) in [6.07, 6.45) is -7.83. The maximum atomic E-state index is 12.7. The first kappa shape index (κ1) is 20.3. The van der Waals surface area contributed by atoms with Gasteiger partial charge in [-0.05, 0) is 0 Å². The molecule has 2 heterocycles. The van der Waals surface area contributed by atoms with Gasteiger partial charge >= 0.3 is 0 Å². The average Bonchev–Trinajstić information content (AvgIpc) is 2.73. The summed E-state index contributed by atoms with van der Waals surface area (Å²) >= 11 is 0. The number of ether oxygens (including phenoxy) is 1. The number of phenols is 2. The first-order valence-corrected chi connectivity index (χ1v) is 9.22. The minimum atomic E-state index is -1.74. The van der Waals surface area contributed by atoms with E-state index in [1.54, 1.807) is 30.3 Å². The van der Waals surface area contributed by atoms with Crippen LogP contribution in [0.25, 0.3) is 22.3 Å². The highest BCUT2D eigenvalue weighted by Crippen LogP contribution is 2.44. The number of rotatable bonds is 3. The Hall–Kier alpha value is -2.95. The molecule has 2 aromatic carbocycles. The van der Waals surface area contributed by atoms with Gasteiger partial charge in [-0.1, -0.05) is 30.3 Å². The van der Waals surface area contributed by atoms with Crippen molar-refractivity contribution in [1.82, 2.24) is 0 Å². The molecule has 158 valence electrons. The Bertz CT molecular complexity index is 1120. The van der Waals surface area contributed by atoms with Crippen LogP contribution in [-0.2, 0) is 4.74 Å². The van der Waals surface area contributed by atoms with Crippen molar-refractivity contribution in [3.05, 3.63) is 58.3 Å². The fraction of sp³-hybridized carbons (Fsp3) is 0.286. The molecule has 1 fully saturated rings. The molecule has 9 nitrogen and oxygen atoms in total. The van der Waals surface area contributed by atoms with Crippen molar-refractivity contribution >= 4 is 11.0 Å². The predicted octanol–water partition coefficient (Wildman–Crippen LogP) is 0.386. The summed E-state index contributed by atoms with van der Waals surface area (Å²) in [5.74, 6) is -1.02. The summed E-state index contributed by atoms with van der Waals surface area (Å²) in [7, 11) is 0. The number of hydrogen-bond acceptors (Lipinski definition) is 9. The molecule has 3 aromatic rings. The fourth-order valence-corrected chi connectivity index (χ4v) is 3.67. The van der Waals surface area contributed by atoms with Crippen molar-refractivity contribution in [2.75, 3.05) is 6.61 Å². The number of benzene rings is 2. The number of aliphatic hydroxyl groups is 4. The third kappa shape index (κ3) is 3.22. The van der Waals surface area contributed by atoms with E-state index < -0.39 is 54.1 Å². The molecular weight excluding hydrogens is 396 g/mol. The second-order valence-corrected chi connectivity index (χ2v) is 7.12. The Labute approximate surface area is 169 Å². The largest absolute Gasteiger partial charge is 0.507 e. The van der Waals surface area contributed by atoms with Crippen LogP contribution in [0.4, 0.5) is 0 Å². The molecule has 0 aliphatic carbocycles. The molecule has 0 amide bonds. The van der Waals surface area contributed by atoms with Crippen molar-refractivity contribution in [3.63, 3.8) is 0 Å². The van der Waals surface area contributed by atoms with E-state index in [2.05, 4.69) is 0 Å². The van der Waals surface area contributed by atoms with Crippen molar-refractivity contribution in [2.24, 2.45) is 0 Å². The van der Waals surface area contributed by atoms with E-state index >= 15 is 0 Å². The summed E-state index contributed by atoms with van der Waals surface area (Å²) in [5.41, 5.74) is -0.434. The minimum absolute atomic E-state index is 0.0929. The highest BCUT2D eigenvalue weighted by molar-refractivity contribution is 5.88. The highest BCUT2D eigenvalue weighted by Gasteiger charge is 2.46. The summed E-state index contributed by atoms with van der Waals surface area (Å²) in [6.45, 7) is -0.681. The quantitative estimate of drug-likeness (QED) is 0.355. The Morgan fingerprint density at radius 1 is 0.933 bits per heavy atom. The second kappa shape index (κ2) is 7.71. The predicted molar refractivity (Wildman–Crippen MR) is 104 cm³/mol. The van der Waals surface area contributed by atoms with Crippen LogP contribution in [-0.4, -0.2) is 61.7 Å². The van der Waals surface area contributed by atoms with Gasteiger partial charge in [-0.25, -0.2) is 0 Å². The van der Waals surface area contributed by atoms with Gasteiger partial charge in [0.2, 0.25) is 0 Å². The van der Waals surface area contributed by atoms with Gasteiger partial charge in [-0.2, -0.15) is 0 Å². The zero-order chi connectivity index (χ0) is 21.6. The Kier molecular flexibility index (Phi) is 5.22. The number of aliphatic hydroxyl groups excluding tert-OH is 4. The zero-order valence-electron chi connectivity index (χ0n) is 15.5. The topological polar surface area (TPSA) is 161 Å². The Morgan fingerprint density at radius 3 is 2.30 bits per heavy atom. The second-order valence-electron chi connectivity index (χ2n) is 7.12. The van der Waals surface area contributed by atoms with Crippen LogP contribution in [0.15, 0.2) is 51.7 Å². The SMILES string of the molecule is O=c1cc(-c2ccccc2)oc2cc(O)c(C3O[C@H](CO)[C@@H](O)[C@H](O)[C@H]3O)c(O)c12.